The number of amides is 2. The normalized spacial score (nSPS) is 21.1. The molecule has 2 aliphatic rings. The van der Waals surface area contributed by atoms with Crippen molar-refractivity contribution < 1.29 is 14.3 Å². The second-order valence-corrected chi connectivity index (χ2v) is 8.57. The van der Waals surface area contributed by atoms with Crippen molar-refractivity contribution in [2.45, 2.75) is 18.9 Å². The molecule has 0 saturated carbocycles. The molecular formula is C23H22ClN3O3. The number of aromatic amines is 1. The van der Waals surface area contributed by atoms with E-state index in [-0.39, 0.29) is 18.6 Å². The highest BCUT2D eigenvalue weighted by atomic mass is 35.5. The third-order valence-corrected chi connectivity index (χ3v) is 6.47. The first-order valence-corrected chi connectivity index (χ1v) is 10.4. The van der Waals surface area contributed by atoms with Gasteiger partial charge < -0.3 is 14.6 Å². The third-order valence-electron chi connectivity index (χ3n) is 6.23. The zero-order valence-corrected chi connectivity index (χ0v) is 17.4. The van der Waals surface area contributed by atoms with Gasteiger partial charge in [0.2, 0.25) is 0 Å². The maximum absolute atomic E-state index is 13.5. The minimum Gasteiger partial charge on any atom is -0.447 e. The van der Waals surface area contributed by atoms with Crippen molar-refractivity contribution in [3.05, 3.63) is 70.4 Å². The van der Waals surface area contributed by atoms with Gasteiger partial charge in [0, 0.05) is 42.0 Å². The SMILES string of the molecule is Cc1c(C(=O)N2CCN3C(=O)OCC3(Cc3ccccc3)C2)[nH]c2ccc(Cl)cc12. The van der Waals surface area contributed by atoms with Gasteiger partial charge in [-0.3, -0.25) is 9.69 Å². The van der Waals surface area contributed by atoms with Crippen molar-refractivity contribution in [2.75, 3.05) is 26.2 Å². The molecule has 0 bridgehead atoms. The molecule has 5 rings (SSSR count). The minimum atomic E-state index is -0.546. The van der Waals surface area contributed by atoms with Gasteiger partial charge in [-0.05, 0) is 36.2 Å². The fourth-order valence-corrected chi connectivity index (χ4v) is 4.85. The number of fused-ring (bicyclic) bond motifs is 2. The van der Waals surface area contributed by atoms with Crippen LogP contribution in [0.2, 0.25) is 5.02 Å². The highest BCUT2D eigenvalue weighted by Crippen LogP contribution is 2.34. The van der Waals surface area contributed by atoms with E-state index >= 15 is 0 Å². The van der Waals surface area contributed by atoms with Crippen LogP contribution in [-0.4, -0.2) is 58.6 Å². The molecular weight excluding hydrogens is 402 g/mol. The van der Waals surface area contributed by atoms with Crippen LogP contribution in [0.4, 0.5) is 4.79 Å². The van der Waals surface area contributed by atoms with Crippen LogP contribution < -0.4 is 0 Å². The lowest BCUT2D eigenvalue weighted by molar-refractivity contribution is 0.0371. The Balaban J connectivity index is 1.46. The number of rotatable bonds is 3. The Kier molecular flexibility index (Phi) is 4.47. The lowest BCUT2D eigenvalue weighted by Gasteiger charge is -2.44. The molecule has 1 unspecified atom stereocenters. The van der Waals surface area contributed by atoms with Gasteiger partial charge in [0.1, 0.15) is 17.8 Å². The molecule has 0 radical (unpaired) electrons. The number of cyclic esters (lactones) is 1. The summed E-state index contributed by atoms with van der Waals surface area (Å²) in [4.78, 5) is 32.7. The standard InChI is InChI=1S/C23H22ClN3O3/c1-15-18-11-17(24)7-8-19(18)25-20(15)21(28)26-9-10-27-22(29)30-14-23(27,13-26)12-16-5-3-2-4-6-16/h2-8,11,25H,9-10,12-14H2,1H3. The molecule has 1 atom stereocenters. The van der Waals surface area contributed by atoms with Crippen molar-refractivity contribution in [1.29, 1.82) is 0 Å². The van der Waals surface area contributed by atoms with Gasteiger partial charge in [-0.25, -0.2) is 4.79 Å². The first-order chi connectivity index (χ1) is 14.5. The van der Waals surface area contributed by atoms with Crippen molar-refractivity contribution in [3.63, 3.8) is 0 Å². The molecule has 3 aromatic rings. The van der Waals surface area contributed by atoms with E-state index in [9.17, 15) is 9.59 Å². The Labute approximate surface area is 179 Å². The van der Waals surface area contributed by atoms with E-state index in [1.165, 1.54) is 0 Å². The number of halogens is 1. The van der Waals surface area contributed by atoms with Crippen LogP contribution in [0.1, 0.15) is 21.6 Å². The second kappa shape index (κ2) is 7.06. The second-order valence-electron chi connectivity index (χ2n) is 8.13. The molecule has 2 saturated heterocycles. The smallest absolute Gasteiger partial charge is 0.410 e. The Morgan fingerprint density at radius 1 is 1.20 bits per heavy atom. The molecule has 6 nitrogen and oxygen atoms in total. The van der Waals surface area contributed by atoms with Crippen LogP contribution in [-0.2, 0) is 11.2 Å². The molecule has 0 spiro atoms. The zero-order valence-electron chi connectivity index (χ0n) is 16.7. The summed E-state index contributed by atoms with van der Waals surface area (Å²) in [6.45, 7) is 3.58. The van der Waals surface area contributed by atoms with Crippen LogP contribution in [0.15, 0.2) is 48.5 Å². The number of hydrogen-bond acceptors (Lipinski definition) is 3. The van der Waals surface area contributed by atoms with E-state index in [1.807, 2.05) is 60.4 Å². The molecule has 30 heavy (non-hydrogen) atoms. The number of aryl methyl sites for hydroxylation is 1. The lowest BCUT2D eigenvalue weighted by atomic mass is 9.88. The fraction of sp³-hybridized carbons (Fsp3) is 0.304. The van der Waals surface area contributed by atoms with Gasteiger partial charge in [0.15, 0.2) is 0 Å². The van der Waals surface area contributed by atoms with E-state index in [0.717, 1.165) is 22.0 Å². The topological polar surface area (TPSA) is 65.6 Å². The number of benzene rings is 2. The summed E-state index contributed by atoms with van der Waals surface area (Å²) in [5.41, 5.74) is 2.91. The predicted molar refractivity (Wildman–Crippen MR) is 115 cm³/mol. The first-order valence-electron chi connectivity index (χ1n) is 10.0. The summed E-state index contributed by atoms with van der Waals surface area (Å²) >= 11 is 6.14. The van der Waals surface area contributed by atoms with E-state index in [4.69, 9.17) is 16.3 Å². The van der Waals surface area contributed by atoms with Crippen molar-refractivity contribution in [2.24, 2.45) is 0 Å². The van der Waals surface area contributed by atoms with Crippen LogP contribution in [0, 0.1) is 6.92 Å². The summed E-state index contributed by atoms with van der Waals surface area (Å²) < 4.78 is 5.42. The van der Waals surface area contributed by atoms with Gasteiger partial charge in [-0.15, -0.1) is 0 Å². The molecule has 7 heteroatoms. The fourth-order valence-electron chi connectivity index (χ4n) is 4.68. The quantitative estimate of drug-likeness (QED) is 0.692. The lowest BCUT2D eigenvalue weighted by Crippen LogP contribution is -2.63. The summed E-state index contributed by atoms with van der Waals surface area (Å²) in [6.07, 6.45) is 0.347. The Morgan fingerprint density at radius 2 is 2.00 bits per heavy atom. The maximum Gasteiger partial charge on any atom is 0.410 e. The van der Waals surface area contributed by atoms with Crippen molar-refractivity contribution in [1.82, 2.24) is 14.8 Å². The molecule has 1 N–H and O–H groups in total. The number of ether oxygens (including phenoxy) is 1. The van der Waals surface area contributed by atoms with E-state index < -0.39 is 5.54 Å². The van der Waals surface area contributed by atoms with E-state index in [1.54, 1.807) is 4.90 Å². The highest BCUT2D eigenvalue weighted by molar-refractivity contribution is 6.31. The van der Waals surface area contributed by atoms with E-state index in [0.29, 0.717) is 36.8 Å². The van der Waals surface area contributed by atoms with Crippen LogP contribution >= 0.6 is 11.6 Å². The average molecular weight is 424 g/mol. The molecule has 154 valence electrons. The van der Waals surface area contributed by atoms with E-state index in [2.05, 4.69) is 4.98 Å². The maximum atomic E-state index is 13.5. The zero-order chi connectivity index (χ0) is 20.9. The van der Waals surface area contributed by atoms with Gasteiger partial charge >= 0.3 is 6.09 Å². The third kappa shape index (κ3) is 3.03. The van der Waals surface area contributed by atoms with Gasteiger partial charge in [-0.1, -0.05) is 41.9 Å². The van der Waals surface area contributed by atoms with Crippen molar-refractivity contribution in [3.8, 4) is 0 Å². The number of H-pyrrole nitrogens is 1. The molecule has 2 aromatic carbocycles. The van der Waals surface area contributed by atoms with Crippen molar-refractivity contribution >= 4 is 34.5 Å². The number of hydrogen-bond donors (Lipinski definition) is 1. The molecule has 2 aliphatic heterocycles. The number of piperazine rings is 1. The molecule has 2 fully saturated rings. The summed E-state index contributed by atoms with van der Waals surface area (Å²) in [7, 11) is 0. The van der Waals surface area contributed by atoms with Crippen LogP contribution in [0.25, 0.3) is 10.9 Å². The van der Waals surface area contributed by atoms with Gasteiger partial charge in [0.05, 0.1) is 0 Å². The average Bonchev–Trinajstić information content (AvgIpc) is 3.25. The highest BCUT2D eigenvalue weighted by Gasteiger charge is 2.51. The first kappa shape index (κ1) is 19.0. The summed E-state index contributed by atoms with van der Waals surface area (Å²) in [5.74, 6) is -0.0636. The number of nitrogens with zero attached hydrogens (tertiary/aromatic N) is 2. The predicted octanol–water partition coefficient (Wildman–Crippen LogP) is 4.02. The summed E-state index contributed by atoms with van der Waals surface area (Å²) in [6, 6.07) is 15.6. The Hall–Kier alpha value is -2.99. The number of aromatic nitrogens is 1. The molecule has 1 aromatic heterocycles. The Bertz CT molecular complexity index is 1140. The number of carbonyl (C=O) groups excluding carboxylic acids is 2. The number of nitrogens with one attached hydrogen (secondary N) is 1. The van der Waals surface area contributed by atoms with Gasteiger partial charge in [0.25, 0.3) is 5.91 Å². The molecule has 3 heterocycles. The Morgan fingerprint density at radius 3 is 2.80 bits per heavy atom. The van der Waals surface area contributed by atoms with Gasteiger partial charge in [-0.2, -0.15) is 0 Å². The largest absolute Gasteiger partial charge is 0.447 e. The van der Waals surface area contributed by atoms with Crippen LogP contribution in [0.3, 0.4) is 0 Å². The molecule has 2 amide bonds. The minimum absolute atomic E-state index is 0.0636. The molecule has 0 aliphatic carbocycles. The monoisotopic (exact) mass is 423 g/mol. The number of carbonyl (C=O) groups is 2. The summed E-state index contributed by atoms with van der Waals surface area (Å²) in [5, 5.41) is 1.59. The van der Waals surface area contributed by atoms with Crippen LogP contribution in [0.5, 0.6) is 0 Å².